The monoisotopic (exact) mass is 320 g/mol. The molecule has 0 saturated heterocycles. The Morgan fingerprint density at radius 1 is 1.33 bits per heavy atom. The van der Waals surface area contributed by atoms with Crippen molar-refractivity contribution in [3.8, 4) is 10.4 Å². The van der Waals surface area contributed by atoms with Crippen LogP contribution in [0.1, 0.15) is 0 Å². The Labute approximate surface area is 127 Å². The molecule has 21 heavy (non-hydrogen) atoms. The molecule has 1 N–H and O–H groups in total. The summed E-state index contributed by atoms with van der Waals surface area (Å²) < 4.78 is 14.1. The van der Waals surface area contributed by atoms with E-state index in [1.807, 2.05) is 12.1 Å². The smallest absolute Gasteiger partial charge is 0.313 e. The van der Waals surface area contributed by atoms with E-state index in [0.717, 1.165) is 32.4 Å². The number of aliphatic carboxylic acids is 1. The minimum Gasteiger partial charge on any atom is -0.481 e. The van der Waals surface area contributed by atoms with Crippen LogP contribution in [0.4, 0.5) is 4.39 Å². The zero-order chi connectivity index (χ0) is 14.8. The molecule has 0 amide bonds. The SMILES string of the molecule is O=C(O)CSc1ncnc2cc(-c3cccc(F)c3)sc12. The third-order valence-corrected chi connectivity index (χ3v) is 5.00. The van der Waals surface area contributed by atoms with Crippen molar-refractivity contribution in [1.82, 2.24) is 9.97 Å². The molecule has 2 aromatic heterocycles. The molecule has 3 rings (SSSR count). The van der Waals surface area contributed by atoms with E-state index >= 15 is 0 Å². The van der Waals surface area contributed by atoms with E-state index in [1.165, 1.54) is 29.8 Å². The topological polar surface area (TPSA) is 63.1 Å². The molecule has 0 bridgehead atoms. The van der Waals surface area contributed by atoms with Crippen molar-refractivity contribution >= 4 is 39.3 Å². The number of benzene rings is 1. The van der Waals surface area contributed by atoms with Gasteiger partial charge in [-0.1, -0.05) is 23.9 Å². The Hall–Kier alpha value is -1.99. The van der Waals surface area contributed by atoms with Gasteiger partial charge in [0.1, 0.15) is 17.2 Å². The number of hydrogen-bond donors (Lipinski definition) is 1. The fourth-order valence-corrected chi connectivity index (χ4v) is 3.76. The van der Waals surface area contributed by atoms with Crippen LogP contribution in [0.5, 0.6) is 0 Å². The van der Waals surface area contributed by atoms with Crippen molar-refractivity contribution in [3.63, 3.8) is 0 Å². The second-order valence-electron chi connectivity index (χ2n) is 4.20. The number of carboxylic acid groups (broad SMARTS) is 1. The molecule has 0 fully saturated rings. The Morgan fingerprint density at radius 3 is 2.95 bits per heavy atom. The van der Waals surface area contributed by atoms with Crippen LogP contribution in [-0.4, -0.2) is 26.8 Å². The number of halogens is 1. The zero-order valence-electron chi connectivity index (χ0n) is 10.6. The van der Waals surface area contributed by atoms with Crippen molar-refractivity contribution in [1.29, 1.82) is 0 Å². The van der Waals surface area contributed by atoms with Crippen molar-refractivity contribution in [2.75, 3.05) is 5.75 Å². The van der Waals surface area contributed by atoms with Gasteiger partial charge in [-0.05, 0) is 23.8 Å². The Bertz CT molecular complexity index is 820. The minimum atomic E-state index is -0.895. The number of thiophene rings is 1. The average Bonchev–Trinajstić information content (AvgIpc) is 2.89. The van der Waals surface area contributed by atoms with Crippen LogP contribution in [-0.2, 0) is 4.79 Å². The molecule has 0 aliphatic rings. The number of rotatable bonds is 4. The molecule has 0 saturated carbocycles. The molecule has 0 aliphatic carbocycles. The first kappa shape index (κ1) is 14.0. The molecular weight excluding hydrogens is 311 g/mol. The predicted molar refractivity (Wildman–Crippen MR) is 81.2 cm³/mol. The molecule has 2 heterocycles. The summed E-state index contributed by atoms with van der Waals surface area (Å²) >= 11 is 2.59. The highest BCUT2D eigenvalue weighted by atomic mass is 32.2. The number of thioether (sulfide) groups is 1. The van der Waals surface area contributed by atoms with E-state index < -0.39 is 5.97 Å². The number of nitrogens with zero attached hydrogens (tertiary/aromatic N) is 2. The summed E-state index contributed by atoms with van der Waals surface area (Å²) in [6.45, 7) is 0. The number of carbonyl (C=O) groups is 1. The highest BCUT2D eigenvalue weighted by Gasteiger charge is 2.12. The summed E-state index contributed by atoms with van der Waals surface area (Å²) in [5.41, 5.74) is 1.51. The summed E-state index contributed by atoms with van der Waals surface area (Å²) in [6, 6.07) is 8.19. The first-order chi connectivity index (χ1) is 10.1. The molecule has 1 aromatic carbocycles. The third-order valence-electron chi connectivity index (χ3n) is 2.72. The largest absolute Gasteiger partial charge is 0.481 e. The van der Waals surface area contributed by atoms with Crippen molar-refractivity contribution in [2.45, 2.75) is 5.03 Å². The third kappa shape index (κ3) is 3.03. The Kier molecular flexibility index (Phi) is 3.85. The van der Waals surface area contributed by atoms with Gasteiger partial charge < -0.3 is 5.11 Å². The lowest BCUT2D eigenvalue weighted by molar-refractivity contribution is -0.133. The minimum absolute atomic E-state index is 0.0562. The Morgan fingerprint density at radius 2 is 2.19 bits per heavy atom. The number of carboxylic acids is 1. The second-order valence-corrected chi connectivity index (χ2v) is 6.21. The van der Waals surface area contributed by atoms with Crippen molar-refractivity contribution < 1.29 is 14.3 Å². The summed E-state index contributed by atoms with van der Waals surface area (Å²) in [5.74, 6) is -1.25. The lowest BCUT2D eigenvalue weighted by atomic mass is 10.2. The molecule has 0 aliphatic heterocycles. The zero-order valence-corrected chi connectivity index (χ0v) is 12.2. The lowest BCUT2D eigenvalue weighted by Gasteiger charge is -1.98. The van der Waals surface area contributed by atoms with Crippen LogP contribution in [0.25, 0.3) is 20.7 Å². The van der Waals surface area contributed by atoms with E-state index in [2.05, 4.69) is 9.97 Å². The number of hydrogen-bond acceptors (Lipinski definition) is 5. The van der Waals surface area contributed by atoms with Gasteiger partial charge in [0, 0.05) is 4.88 Å². The summed E-state index contributed by atoms with van der Waals surface area (Å²) in [6.07, 6.45) is 1.41. The molecule has 0 atom stereocenters. The van der Waals surface area contributed by atoms with E-state index in [-0.39, 0.29) is 11.6 Å². The highest BCUT2D eigenvalue weighted by molar-refractivity contribution is 8.00. The van der Waals surface area contributed by atoms with Gasteiger partial charge in [-0.25, -0.2) is 14.4 Å². The normalized spacial score (nSPS) is 10.9. The van der Waals surface area contributed by atoms with Crippen LogP contribution < -0.4 is 0 Å². The average molecular weight is 320 g/mol. The standard InChI is InChI=1S/C14H9FN2O2S2/c15-9-3-1-2-8(4-9)11-5-10-13(21-11)14(17-7-16-10)20-6-12(18)19/h1-5,7H,6H2,(H,18,19). The quantitative estimate of drug-likeness (QED) is 0.587. The van der Waals surface area contributed by atoms with E-state index in [0.29, 0.717) is 5.03 Å². The molecule has 0 spiro atoms. The molecule has 0 unspecified atom stereocenters. The molecular formula is C14H9FN2O2S2. The predicted octanol–water partition coefficient (Wildman–Crippen LogP) is 3.67. The van der Waals surface area contributed by atoms with Crippen molar-refractivity contribution in [2.24, 2.45) is 0 Å². The molecule has 7 heteroatoms. The van der Waals surface area contributed by atoms with Crippen LogP contribution in [0.3, 0.4) is 0 Å². The van der Waals surface area contributed by atoms with Gasteiger partial charge in [0.25, 0.3) is 0 Å². The maximum atomic E-state index is 13.3. The summed E-state index contributed by atoms with van der Waals surface area (Å²) in [4.78, 5) is 19.9. The van der Waals surface area contributed by atoms with Gasteiger partial charge in [0.15, 0.2) is 0 Å². The fraction of sp³-hybridized carbons (Fsp3) is 0.0714. The van der Waals surface area contributed by atoms with Crippen molar-refractivity contribution in [3.05, 3.63) is 42.5 Å². The van der Waals surface area contributed by atoms with Crippen LogP contribution in [0, 0.1) is 5.82 Å². The van der Waals surface area contributed by atoms with E-state index in [4.69, 9.17) is 5.11 Å². The molecule has 106 valence electrons. The first-order valence-corrected chi connectivity index (χ1v) is 7.79. The summed E-state index contributed by atoms with van der Waals surface area (Å²) in [5, 5.41) is 9.39. The second kappa shape index (κ2) is 5.79. The molecule has 0 radical (unpaired) electrons. The van der Waals surface area contributed by atoms with Gasteiger partial charge in [-0.3, -0.25) is 4.79 Å². The highest BCUT2D eigenvalue weighted by Crippen LogP contribution is 2.36. The van der Waals surface area contributed by atoms with Gasteiger partial charge in [-0.15, -0.1) is 11.3 Å². The maximum Gasteiger partial charge on any atom is 0.313 e. The maximum absolute atomic E-state index is 13.3. The van der Waals surface area contributed by atoms with Crippen LogP contribution >= 0.6 is 23.1 Å². The lowest BCUT2D eigenvalue weighted by Crippen LogP contribution is -1.98. The molecule has 4 nitrogen and oxygen atoms in total. The number of aromatic nitrogens is 2. The van der Waals surface area contributed by atoms with Crippen LogP contribution in [0.15, 0.2) is 41.7 Å². The van der Waals surface area contributed by atoms with Crippen LogP contribution in [0.2, 0.25) is 0 Å². The fourth-order valence-electron chi connectivity index (χ4n) is 1.85. The van der Waals surface area contributed by atoms with E-state index in [9.17, 15) is 9.18 Å². The van der Waals surface area contributed by atoms with E-state index in [1.54, 1.807) is 6.07 Å². The van der Waals surface area contributed by atoms with Gasteiger partial charge in [0.2, 0.25) is 0 Å². The molecule has 3 aromatic rings. The Balaban J connectivity index is 2.03. The van der Waals surface area contributed by atoms with Gasteiger partial charge >= 0.3 is 5.97 Å². The summed E-state index contributed by atoms with van der Waals surface area (Å²) in [7, 11) is 0. The first-order valence-electron chi connectivity index (χ1n) is 5.98. The van der Waals surface area contributed by atoms with Gasteiger partial charge in [-0.2, -0.15) is 0 Å². The number of fused-ring (bicyclic) bond motifs is 1. The van der Waals surface area contributed by atoms with Gasteiger partial charge in [0.05, 0.1) is 16.0 Å².